The Labute approximate surface area is 159 Å². The SMILES string of the molecule is O=C(CN1CCCC(CNC(=O)C2CCCN2)C1)Nc1ccc(Cl)cc1. The van der Waals surface area contributed by atoms with Gasteiger partial charge in [0.25, 0.3) is 0 Å². The molecule has 2 amide bonds. The Morgan fingerprint density at radius 1 is 1.19 bits per heavy atom. The van der Waals surface area contributed by atoms with Crippen molar-refractivity contribution >= 4 is 29.1 Å². The van der Waals surface area contributed by atoms with Crippen molar-refractivity contribution in [2.24, 2.45) is 5.92 Å². The highest BCUT2D eigenvalue weighted by Gasteiger charge is 2.25. The van der Waals surface area contributed by atoms with Crippen molar-refractivity contribution in [3.8, 4) is 0 Å². The third-order valence-electron chi connectivity index (χ3n) is 5.04. The monoisotopic (exact) mass is 378 g/mol. The maximum atomic E-state index is 12.2. The van der Waals surface area contributed by atoms with Crippen LogP contribution in [-0.2, 0) is 9.59 Å². The van der Waals surface area contributed by atoms with Gasteiger partial charge in [0.15, 0.2) is 0 Å². The van der Waals surface area contributed by atoms with E-state index in [1.807, 2.05) is 0 Å². The van der Waals surface area contributed by atoms with E-state index in [2.05, 4.69) is 20.9 Å². The molecule has 2 heterocycles. The third kappa shape index (κ3) is 5.69. The second-order valence-electron chi connectivity index (χ2n) is 7.19. The fourth-order valence-corrected chi connectivity index (χ4v) is 3.80. The van der Waals surface area contributed by atoms with Gasteiger partial charge in [-0.2, -0.15) is 0 Å². The summed E-state index contributed by atoms with van der Waals surface area (Å²) < 4.78 is 0. The highest BCUT2D eigenvalue weighted by atomic mass is 35.5. The van der Waals surface area contributed by atoms with E-state index in [4.69, 9.17) is 11.6 Å². The molecule has 2 aliphatic rings. The van der Waals surface area contributed by atoms with Gasteiger partial charge in [0.2, 0.25) is 11.8 Å². The number of likely N-dealkylation sites (tertiary alicyclic amines) is 1. The van der Waals surface area contributed by atoms with E-state index in [0.29, 0.717) is 24.0 Å². The molecular formula is C19H27ClN4O2. The van der Waals surface area contributed by atoms with Crippen LogP contribution in [0.4, 0.5) is 5.69 Å². The summed E-state index contributed by atoms with van der Waals surface area (Å²) in [5, 5.41) is 9.85. The molecule has 142 valence electrons. The molecule has 3 rings (SSSR count). The molecule has 7 heteroatoms. The molecule has 1 aromatic rings. The van der Waals surface area contributed by atoms with Crippen LogP contribution in [0.3, 0.4) is 0 Å². The number of benzene rings is 1. The number of hydrogen-bond acceptors (Lipinski definition) is 4. The predicted octanol–water partition coefficient (Wildman–Crippen LogP) is 1.86. The van der Waals surface area contributed by atoms with Crippen LogP contribution in [-0.4, -0.2) is 55.5 Å². The lowest BCUT2D eigenvalue weighted by molar-refractivity contribution is -0.123. The molecule has 2 fully saturated rings. The van der Waals surface area contributed by atoms with Crippen molar-refractivity contribution < 1.29 is 9.59 Å². The smallest absolute Gasteiger partial charge is 0.238 e. The zero-order valence-corrected chi connectivity index (χ0v) is 15.7. The third-order valence-corrected chi connectivity index (χ3v) is 5.29. The Kier molecular flexibility index (Phi) is 6.88. The van der Waals surface area contributed by atoms with E-state index in [-0.39, 0.29) is 17.9 Å². The standard InChI is InChI=1S/C19H27ClN4O2/c20-15-5-7-16(8-6-15)23-18(25)13-24-10-2-3-14(12-24)11-22-19(26)17-4-1-9-21-17/h5-8,14,17,21H,1-4,9-13H2,(H,22,26)(H,23,25). The molecule has 0 bridgehead atoms. The molecule has 0 spiro atoms. The number of nitrogens with zero attached hydrogens (tertiary/aromatic N) is 1. The van der Waals surface area contributed by atoms with Gasteiger partial charge in [-0.05, 0) is 69.0 Å². The van der Waals surface area contributed by atoms with Crippen molar-refractivity contribution in [3.05, 3.63) is 29.3 Å². The van der Waals surface area contributed by atoms with E-state index in [1.54, 1.807) is 24.3 Å². The molecule has 2 atom stereocenters. The van der Waals surface area contributed by atoms with Gasteiger partial charge in [0.1, 0.15) is 0 Å². The number of amides is 2. The van der Waals surface area contributed by atoms with Gasteiger partial charge in [0.05, 0.1) is 12.6 Å². The van der Waals surface area contributed by atoms with Gasteiger partial charge >= 0.3 is 0 Å². The number of carbonyl (C=O) groups excluding carboxylic acids is 2. The number of nitrogens with one attached hydrogen (secondary N) is 3. The number of carbonyl (C=O) groups is 2. The lowest BCUT2D eigenvalue weighted by Crippen LogP contribution is -2.46. The second-order valence-corrected chi connectivity index (χ2v) is 7.63. The highest BCUT2D eigenvalue weighted by molar-refractivity contribution is 6.30. The summed E-state index contributed by atoms with van der Waals surface area (Å²) in [4.78, 5) is 26.5. The fourth-order valence-electron chi connectivity index (χ4n) is 3.67. The molecule has 2 unspecified atom stereocenters. The maximum absolute atomic E-state index is 12.2. The Balaban J connectivity index is 1.40. The average Bonchev–Trinajstić information content (AvgIpc) is 3.17. The predicted molar refractivity (Wildman–Crippen MR) is 103 cm³/mol. The number of anilines is 1. The molecule has 3 N–H and O–H groups in total. The summed E-state index contributed by atoms with van der Waals surface area (Å²) in [6.45, 7) is 3.75. The minimum atomic E-state index is -0.0279. The summed E-state index contributed by atoms with van der Waals surface area (Å²) in [6.07, 6.45) is 4.13. The largest absolute Gasteiger partial charge is 0.354 e. The minimum Gasteiger partial charge on any atom is -0.354 e. The molecule has 0 aliphatic carbocycles. The van der Waals surface area contributed by atoms with E-state index in [9.17, 15) is 9.59 Å². The van der Waals surface area contributed by atoms with Crippen LogP contribution >= 0.6 is 11.6 Å². The first kappa shape index (κ1) is 19.1. The first-order valence-corrected chi connectivity index (χ1v) is 9.77. The summed E-state index contributed by atoms with van der Waals surface area (Å²) in [5.41, 5.74) is 0.754. The number of halogens is 1. The van der Waals surface area contributed by atoms with E-state index in [0.717, 1.165) is 51.0 Å². The molecule has 0 aromatic heterocycles. The van der Waals surface area contributed by atoms with Gasteiger partial charge < -0.3 is 16.0 Å². The summed E-state index contributed by atoms with van der Waals surface area (Å²) >= 11 is 5.86. The molecule has 2 saturated heterocycles. The van der Waals surface area contributed by atoms with Crippen LogP contribution in [0, 0.1) is 5.92 Å². The van der Waals surface area contributed by atoms with Gasteiger partial charge in [-0.3, -0.25) is 14.5 Å². The first-order chi connectivity index (χ1) is 12.6. The van der Waals surface area contributed by atoms with Crippen molar-refractivity contribution in [3.63, 3.8) is 0 Å². The second kappa shape index (κ2) is 9.35. The molecule has 6 nitrogen and oxygen atoms in total. The van der Waals surface area contributed by atoms with Crippen molar-refractivity contribution in [1.82, 2.24) is 15.5 Å². The van der Waals surface area contributed by atoms with Crippen LogP contribution in [0.5, 0.6) is 0 Å². The van der Waals surface area contributed by atoms with E-state index < -0.39 is 0 Å². The van der Waals surface area contributed by atoms with Crippen LogP contribution in [0.15, 0.2) is 24.3 Å². The van der Waals surface area contributed by atoms with Crippen molar-refractivity contribution in [2.45, 2.75) is 31.7 Å². The maximum Gasteiger partial charge on any atom is 0.238 e. The zero-order chi connectivity index (χ0) is 18.4. The molecular weight excluding hydrogens is 352 g/mol. The fraction of sp³-hybridized carbons (Fsp3) is 0.579. The van der Waals surface area contributed by atoms with Crippen molar-refractivity contribution in [2.75, 3.05) is 38.0 Å². The van der Waals surface area contributed by atoms with Crippen LogP contribution in [0.25, 0.3) is 0 Å². The molecule has 0 radical (unpaired) electrons. The van der Waals surface area contributed by atoms with Gasteiger partial charge in [-0.25, -0.2) is 0 Å². The highest BCUT2D eigenvalue weighted by Crippen LogP contribution is 2.17. The number of rotatable bonds is 6. The minimum absolute atomic E-state index is 0.0211. The Bertz CT molecular complexity index is 616. The summed E-state index contributed by atoms with van der Waals surface area (Å²) in [7, 11) is 0. The molecule has 0 saturated carbocycles. The summed E-state index contributed by atoms with van der Waals surface area (Å²) in [6, 6.07) is 7.09. The van der Waals surface area contributed by atoms with Crippen LogP contribution in [0.1, 0.15) is 25.7 Å². The van der Waals surface area contributed by atoms with E-state index in [1.165, 1.54) is 0 Å². The zero-order valence-electron chi connectivity index (χ0n) is 15.0. The topological polar surface area (TPSA) is 73.5 Å². The Morgan fingerprint density at radius 2 is 2.00 bits per heavy atom. The molecule has 26 heavy (non-hydrogen) atoms. The average molecular weight is 379 g/mol. The number of piperidine rings is 1. The number of hydrogen-bond donors (Lipinski definition) is 3. The molecule has 1 aromatic carbocycles. The van der Waals surface area contributed by atoms with Crippen molar-refractivity contribution in [1.29, 1.82) is 0 Å². The lowest BCUT2D eigenvalue weighted by Gasteiger charge is -2.32. The molecule has 2 aliphatic heterocycles. The van der Waals surface area contributed by atoms with Gasteiger partial charge in [-0.1, -0.05) is 11.6 Å². The Hall–Kier alpha value is -1.63. The normalized spacial score (nSPS) is 23.6. The Morgan fingerprint density at radius 3 is 2.73 bits per heavy atom. The van der Waals surface area contributed by atoms with Gasteiger partial charge in [0, 0.05) is 23.8 Å². The summed E-state index contributed by atoms with van der Waals surface area (Å²) in [5.74, 6) is 0.490. The lowest BCUT2D eigenvalue weighted by atomic mass is 9.98. The first-order valence-electron chi connectivity index (χ1n) is 9.39. The van der Waals surface area contributed by atoms with Gasteiger partial charge in [-0.15, -0.1) is 0 Å². The van der Waals surface area contributed by atoms with Crippen LogP contribution < -0.4 is 16.0 Å². The quantitative estimate of drug-likeness (QED) is 0.706. The van der Waals surface area contributed by atoms with E-state index >= 15 is 0 Å². The van der Waals surface area contributed by atoms with Crippen LogP contribution in [0.2, 0.25) is 5.02 Å².